The number of carbonyl (C=O) groups excluding carboxylic acids is 3. The summed E-state index contributed by atoms with van der Waals surface area (Å²) >= 11 is 0. The van der Waals surface area contributed by atoms with E-state index in [-0.39, 0.29) is 31.4 Å². The molecule has 48 heavy (non-hydrogen) atoms. The third kappa shape index (κ3) is 9.83. The number of alkyl carbamates (subject to hydrolysis) is 1. The maximum Gasteiger partial charge on any atom is 0.407 e. The molecule has 0 unspecified atom stereocenters. The third-order valence-electron chi connectivity index (χ3n) is 7.72. The van der Waals surface area contributed by atoms with Gasteiger partial charge in [-0.05, 0) is 59.7 Å². The standard InChI is InChI=1S/C37H39N7O4/c1-37(2,40-36(47)48-25-28-13-7-4-8-14-28)23-33(45)39-32(22-19-26-11-5-3-6-12-26)35(46)38-24-27-17-20-29(21-18-27)30-15-9-10-16-31(30)34-41-43-44-42-34/h3-18,20-21,32H,19,22-25H2,1-2H3,(H,38,46)(H,39,45)(H,40,47)(H,41,42,43,44)/t32-/m1/s1. The topological polar surface area (TPSA) is 151 Å². The van der Waals surface area contributed by atoms with Crippen molar-refractivity contribution in [1.82, 2.24) is 36.6 Å². The van der Waals surface area contributed by atoms with Gasteiger partial charge in [-0.25, -0.2) is 4.79 Å². The molecular formula is C37H39N7O4. The van der Waals surface area contributed by atoms with Gasteiger partial charge in [0.1, 0.15) is 12.6 Å². The molecule has 0 fully saturated rings. The van der Waals surface area contributed by atoms with Crippen LogP contribution in [0, 0.1) is 0 Å². The first-order valence-corrected chi connectivity index (χ1v) is 15.8. The van der Waals surface area contributed by atoms with Gasteiger partial charge in [0.05, 0.1) is 0 Å². The number of H-pyrrole nitrogens is 1. The first-order valence-electron chi connectivity index (χ1n) is 15.8. The van der Waals surface area contributed by atoms with Crippen molar-refractivity contribution in [1.29, 1.82) is 0 Å². The SMILES string of the molecule is CC(C)(CC(=O)N[C@H](CCc1ccccc1)C(=O)NCc1ccc(-c2ccccc2-c2nn[nH]n2)cc1)NC(=O)OCc1ccccc1. The number of carbonyl (C=O) groups is 3. The molecule has 0 aliphatic rings. The number of nitrogens with one attached hydrogen (secondary N) is 4. The van der Waals surface area contributed by atoms with E-state index >= 15 is 0 Å². The Bertz CT molecular complexity index is 1780. The van der Waals surface area contributed by atoms with Crippen molar-refractivity contribution in [2.75, 3.05) is 0 Å². The summed E-state index contributed by atoms with van der Waals surface area (Å²) in [5.74, 6) is -0.146. The predicted molar refractivity (Wildman–Crippen MR) is 182 cm³/mol. The van der Waals surface area contributed by atoms with Crippen LogP contribution in [0.1, 0.15) is 43.4 Å². The Morgan fingerprint density at radius 1 is 0.792 bits per heavy atom. The van der Waals surface area contributed by atoms with Gasteiger partial charge < -0.3 is 20.7 Å². The lowest BCUT2D eigenvalue weighted by atomic mass is 9.98. The fourth-order valence-corrected chi connectivity index (χ4v) is 5.27. The number of hydrogen-bond acceptors (Lipinski definition) is 7. The Balaban J connectivity index is 1.18. The van der Waals surface area contributed by atoms with Crippen LogP contribution >= 0.6 is 0 Å². The van der Waals surface area contributed by atoms with Crippen LogP contribution in [-0.2, 0) is 33.9 Å². The summed E-state index contributed by atoms with van der Waals surface area (Å²) in [6.07, 6.45) is 0.330. The average molecular weight is 646 g/mol. The Labute approximate surface area is 279 Å². The normalized spacial score (nSPS) is 11.7. The van der Waals surface area contributed by atoms with Crippen molar-refractivity contribution < 1.29 is 19.1 Å². The molecule has 0 saturated carbocycles. The summed E-state index contributed by atoms with van der Waals surface area (Å²) in [6.45, 7) is 3.87. The number of aromatic nitrogens is 4. The van der Waals surface area contributed by atoms with Crippen LogP contribution in [0.4, 0.5) is 4.79 Å². The minimum Gasteiger partial charge on any atom is -0.445 e. The molecule has 246 valence electrons. The number of ether oxygens (including phenoxy) is 1. The van der Waals surface area contributed by atoms with E-state index in [0.29, 0.717) is 18.7 Å². The van der Waals surface area contributed by atoms with Gasteiger partial charge in [-0.1, -0.05) is 109 Å². The maximum atomic E-state index is 13.5. The van der Waals surface area contributed by atoms with E-state index in [4.69, 9.17) is 4.74 Å². The molecule has 4 N–H and O–H groups in total. The zero-order chi connectivity index (χ0) is 33.8. The van der Waals surface area contributed by atoms with Gasteiger partial charge in [-0.3, -0.25) is 9.59 Å². The number of benzene rings is 4. The summed E-state index contributed by atoms with van der Waals surface area (Å²) in [5, 5.41) is 23.0. The molecule has 11 nitrogen and oxygen atoms in total. The van der Waals surface area contributed by atoms with Gasteiger partial charge in [0, 0.05) is 24.1 Å². The summed E-state index contributed by atoms with van der Waals surface area (Å²) in [7, 11) is 0. The Hall–Kier alpha value is -5.84. The zero-order valence-electron chi connectivity index (χ0n) is 27.0. The number of rotatable bonds is 14. The Kier molecular flexibility index (Phi) is 11.3. The monoisotopic (exact) mass is 645 g/mol. The van der Waals surface area contributed by atoms with Gasteiger partial charge in [-0.15, -0.1) is 10.2 Å². The molecular weight excluding hydrogens is 606 g/mol. The molecule has 0 saturated heterocycles. The lowest BCUT2D eigenvalue weighted by Gasteiger charge is -2.26. The molecule has 5 rings (SSSR count). The van der Waals surface area contributed by atoms with Crippen molar-refractivity contribution >= 4 is 17.9 Å². The van der Waals surface area contributed by atoms with E-state index in [1.165, 1.54) is 0 Å². The number of nitrogens with zero attached hydrogens (tertiary/aromatic N) is 3. The summed E-state index contributed by atoms with van der Waals surface area (Å²) in [4.78, 5) is 39.1. The molecule has 0 aliphatic carbocycles. The quantitative estimate of drug-likeness (QED) is 0.127. The molecule has 5 aromatic rings. The van der Waals surface area contributed by atoms with E-state index in [2.05, 4.69) is 36.6 Å². The molecule has 0 radical (unpaired) electrons. The minimum atomic E-state index is -0.914. The molecule has 1 heterocycles. The van der Waals surface area contributed by atoms with E-state index in [1.54, 1.807) is 13.8 Å². The largest absolute Gasteiger partial charge is 0.445 e. The van der Waals surface area contributed by atoms with Crippen molar-refractivity contribution in [3.8, 4) is 22.5 Å². The molecule has 1 aromatic heterocycles. The van der Waals surface area contributed by atoms with Crippen LogP contribution in [0.25, 0.3) is 22.5 Å². The molecule has 0 spiro atoms. The Morgan fingerprint density at radius 3 is 2.10 bits per heavy atom. The predicted octanol–water partition coefficient (Wildman–Crippen LogP) is 5.36. The summed E-state index contributed by atoms with van der Waals surface area (Å²) in [5.41, 5.74) is 4.69. The van der Waals surface area contributed by atoms with Crippen molar-refractivity contribution in [2.45, 2.75) is 57.8 Å². The van der Waals surface area contributed by atoms with Crippen molar-refractivity contribution in [2.24, 2.45) is 0 Å². The van der Waals surface area contributed by atoms with Crippen LogP contribution in [0.15, 0.2) is 109 Å². The second kappa shape index (κ2) is 16.1. The van der Waals surface area contributed by atoms with Crippen LogP contribution < -0.4 is 16.0 Å². The highest BCUT2D eigenvalue weighted by atomic mass is 16.5. The lowest BCUT2D eigenvalue weighted by Crippen LogP contribution is -2.51. The highest BCUT2D eigenvalue weighted by Crippen LogP contribution is 2.29. The molecule has 0 aliphatic heterocycles. The minimum absolute atomic E-state index is 0.0463. The molecule has 11 heteroatoms. The summed E-state index contributed by atoms with van der Waals surface area (Å²) < 4.78 is 5.33. The molecule has 1 atom stereocenters. The smallest absolute Gasteiger partial charge is 0.407 e. The molecule has 3 amide bonds. The lowest BCUT2D eigenvalue weighted by molar-refractivity contribution is -0.129. The number of aromatic amines is 1. The van der Waals surface area contributed by atoms with Crippen LogP contribution in [0.2, 0.25) is 0 Å². The van der Waals surface area contributed by atoms with Gasteiger partial charge in [0.25, 0.3) is 0 Å². The van der Waals surface area contributed by atoms with Crippen LogP contribution in [-0.4, -0.2) is 50.1 Å². The van der Waals surface area contributed by atoms with Crippen LogP contribution in [0.3, 0.4) is 0 Å². The van der Waals surface area contributed by atoms with Gasteiger partial charge in [0.15, 0.2) is 0 Å². The van der Waals surface area contributed by atoms with Crippen molar-refractivity contribution in [3.05, 3.63) is 126 Å². The second-order valence-corrected chi connectivity index (χ2v) is 12.1. The fourth-order valence-electron chi connectivity index (χ4n) is 5.27. The molecule has 0 bridgehead atoms. The van der Waals surface area contributed by atoms with Gasteiger partial charge in [0.2, 0.25) is 17.6 Å². The molecule has 4 aromatic carbocycles. The van der Waals surface area contributed by atoms with E-state index in [0.717, 1.165) is 33.4 Å². The van der Waals surface area contributed by atoms with E-state index in [9.17, 15) is 14.4 Å². The van der Waals surface area contributed by atoms with Crippen LogP contribution in [0.5, 0.6) is 0 Å². The first kappa shape index (κ1) is 33.5. The second-order valence-electron chi connectivity index (χ2n) is 12.1. The number of tetrazole rings is 1. The summed E-state index contributed by atoms with van der Waals surface area (Å²) in [6, 6.07) is 34.0. The van der Waals surface area contributed by atoms with Crippen molar-refractivity contribution in [3.63, 3.8) is 0 Å². The third-order valence-corrected chi connectivity index (χ3v) is 7.72. The number of aryl methyl sites for hydroxylation is 1. The Morgan fingerprint density at radius 2 is 1.44 bits per heavy atom. The highest BCUT2D eigenvalue weighted by Gasteiger charge is 2.28. The highest BCUT2D eigenvalue weighted by molar-refractivity contribution is 5.88. The maximum absolute atomic E-state index is 13.5. The number of amides is 3. The van der Waals surface area contributed by atoms with Gasteiger partial charge >= 0.3 is 6.09 Å². The fraction of sp³-hybridized carbons (Fsp3) is 0.243. The van der Waals surface area contributed by atoms with E-state index < -0.39 is 17.7 Å². The zero-order valence-corrected chi connectivity index (χ0v) is 27.0. The average Bonchev–Trinajstić information content (AvgIpc) is 3.64. The van der Waals surface area contributed by atoms with E-state index in [1.807, 2.05) is 109 Å². The number of hydrogen-bond donors (Lipinski definition) is 4. The first-order chi connectivity index (χ1) is 23.3. The van der Waals surface area contributed by atoms with Gasteiger partial charge in [-0.2, -0.15) is 5.21 Å².